The van der Waals surface area contributed by atoms with Crippen LogP contribution < -0.4 is 5.32 Å². The number of halogens is 27. The van der Waals surface area contributed by atoms with E-state index >= 15 is 0 Å². The van der Waals surface area contributed by atoms with Crippen molar-refractivity contribution in [3.63, 3.8) is 0 Å². The highest BCUT2D eigenvalue weighted by Crippen LogP contribution is 2.57. The van der Waals surface area contributed by atoms with E-state index in [1.54, 1.807) is 0 Å². The van der Waals surface area contributed by atoms with Gasteiger partial charge in [0.05, 0.1) is 0 Å². The zero-order valence-electron chi connectivity index (χ0n) is 48.6. The Hall–Kier alpha value is -5.44. The van der Waals surface area contributed by atoms with Gasteiger partial charge in [0.15, 0.2) is 18.2 Å². The standard InChI is InChI=1S/C25H29F15N4O8S2.C12H15F3O5.C8H9F9N2O2S.CH4/c1-19(26,27)20(28,29)24(37,38)53(49,50)43-11-7-41(8-12-43)17(47)15(45)5-3-2-4-6-16(46)18(48)42-9-13-44(14-10-42)54(51,52)25(39,40)22(32,33)21(30,31)23(34,35)36;1-8(16)9(17)5-3-2-4-6-10(18)11(19)20-7-12(13,14)15;9-5(10,7(13,14)15)6(11,12)8(16,17)22(20,21)19-3-1-18-2-4-19;/h2-14H2,1H3;2-7H2,1H3;18H,1-4H2;1H4. The Bertz CT molecular complexity index is 3130. The smallest absolute Gasteiger partial charge is 0.450 e. The first-order chi connectivity index (χ1) is 42.8. The minimum atomic E-state index is -7.48. The fraction of sp³-hybridized carbons (Fsp3) is 0.826. The van der Waals surface area contributed by atoms with Gasteiger partial charge >= 0.3 is 75.8 Å². The van der Waals surface area contributed by atoms with Crippen molar-refractivity contribution in [2.24, 2.45) is 0 Å². The lowest BCUT2D eigenvalue weighted by Gasteiger charge is -2.38. The molecule has 51 heteroatoms. The first-order valence-corrected chi connectivity index (χ1v) is 30.8. The molecule has 0 aromatic rings. The molecular formula is C46H57F27N6O15S3. The number of piperazine rings is 3. The van der Waals surface area contributed by atoms with E-state index in [0.717, 1.165) is 6.92 Å². The Morgan fingerprint density at radius 3 is 0.907 bits per heavy atom. The van der Waals surface area contributed by atoms with Crippen molar-refractivity contribution < 1.29 is 187 Å². The molecule has 0 atom stereocenters. The monoisotopic (exact) mass is 1540 g/mol. The van der Waals surface area contributed by atoms with Gasteiger partial charge in [0.1, 0.15) is 0 Å². The molecule has 1 N–H and O–H groups in total. The van der Waals surface area contributed by atoms with E-state index in [0.29, 0.717) is 22.6 Å². The Balaban J connectivity index is 0.00000175. The number of hydrogen-bond donors (Lipinski definition) is 1. The summed E-state index contributed by atoms with van der Waals surface area (Å²) >= 11 is 0. The molecule has 3 heterocycles. The molecule has 0 spiro atoms. The van der Waals surface area contributed by atoms with Gasteiger partial charge in [-0.25, -0.2) is 30.0 Å². The molecular weight excluding hydrogens is 1490 g/mol. The molecule has 0 aliphatic carbocycles. The zero-order valence-corrected chi connectivity index (χ0v) is 51.0. The van der Waals surface area contributed by atoms with Crippen molar-refractivity contribution >= 4 is 76.8 Å². The molecule has 0 radical (unpaired) electrons. The second-order valence-electron chi connectivity index (χ2n) is 20.4. The summed E-state index contributed by atoms with van der Waals surface area (Å²) in [6.45, 7) is -11.5. The number of amides is 2. The Morgan fingerprint density at radius 2 is 0.639 bits per heavy atom. The highest BCUT2D eigenvalue weighted by Gasteiger charge is 2.87. The largest absolute Gasteiger partial charge is 0.460 e. The number of rotatable bonds is 29. The first kappa shape index (κ1) is 91.6. The van der Waals surface area contributed by atoms with Crippen LogP contribution in [0.1, 0.15) is 85.5 Å². The molecule has 0 aromatic carbocycles. The van der Waals surface area contributed by atoms with Crippen LogP contribution in [0, 0.1) is 0 Å². The summed E-state index contributed by atoms with van der Waals surface area (Å²) in [5.41, 5.74) is 0. The number of sulfonamides is 3. The number of nitrogens with zero attached hydrogens (tertiary/aromatic N) is 5. The first-order valence-electron chi connectivity index (χ1n) is 26.5. The maximum absolute atomic E-state index is 14.1. The summed E-state index contributed by atoms with van der Waals surface area (Å²) in [5, 5.41) is -17.4. The molecule has 0 saturated carbocycles. The normalized spacial score (nSPS) is 17.2. The molecule has 97 heavy (non-hydrogen) atoms. The highest BCUT2D eigenvalue weighted by molar-refractivity contribution is 7.90. The molecule has 568 valence electrons. The van der Waals surface area contributed by atoms with E-state index < -0.39 is 243 Å². The van der Waals surface area contributed by atoms with E-state index in [2.05, 4.69) is 10.1 Å². The van der Waals surface area contributed by atoms with Crippen molar-refractivity contribution in [3.8, 4) is 0 Å². The van der Waals surface area contributed by atoms with Gasteiger partial charge in [-0.15, -0.1) is 0 Å². The molecule has 3 aliphatic heterocycles. The molecule has 3 saturated heterocycles. The zero-order chi connectivity index (χ0) is 75.7. The lowest BCUT2D eigenvalue weighted by Crippen LogP contribution is -2.66. The molecule has 0 bridgehead atoms. The molecule has 21 nitrogen and oxygen atoms in total. The van der Waals surface area contributed by atoms with Crippen LogP contribution in [0.3, 0.4) is 0 Å². The fourth-order valence-corrected chi connectivity index (χ4v) is 12.0. The number of nitrogens with one attached hydrogen (secondary N) is 1. The molecule has 3 aliphatic rings. The number of Topliss-reactive ketones (excluding diaryl/α,β-unsaturated/α-hetero) is 5. The Morgan fingerprint density at radius 1 is 0.371 bits per heavy atom. The van der Waals surface area contributed by atoms with E-state index in [4.69, 9.17) is 0 Å². The van der Waals surface area contributed by atoms with E-state index in [-0.39, 0.29) is 67.7 Å². The second kappa shape index (κ2) is 32.9. The van der Waals surface area contributed by atoms with Gasteiger partial charge in [0.2, 0.25) is 17.3 Å². The number of carbonyl (C=O) groups excluding carboxylic acids is 8. The van der Waals surface area contributed by atoms with Crippen molar-refractivity contribution in [3.05, 3.63) is 0 Å². The average Bonchev–Trinajstić information content (AvgIpc) is 0.733. The van der Waals surface area contributed by atoms with Gasteiger partial charge in [-0.3, -0.25) is 33.6 Å². The fourth-order valence-electron chi connectivity index (χ4n) is 7.67. The van der Waals surface area contributed by atoms with Crippen LogP contribution in [-0.4, -0.2) is 250 Å². The third-order valence-electron chi connectivity index (χ3n) is 13.3. The van der Waals surface area contributed by atoms with Crippen LogP contribution >= 0.6 is 0 Å². The second-order valence-corrected chi connectivity index (χ2v) is 26.4. The summed E-state index contributed by atoms with van der Waals surface area (Å²) in [6, 6.07) is 0. The van der Waals surface area contributed by atoms with Crippen LogP contribution in [0.25, 0.3) is 0 Å². The van der Waals surface area contributed by atoms with E-state index in [1.807, 2.05) is 0 Å². The third kappa shape index (κ3) is 20.6. The van der Waals surface area contributed by atoms with Crippen molar-refractivity contribution in [1.82, 2.24) is 28.0 Å². The number of unbranched alkanes of at least 4 members (excludes halogenated alkanes) is 4. The summed E-state index contributed by atoms with van der Waals surface area (Å²) in [4.78, 5) is 94.0. The van der Waals surface area contributed by atoms with Gasteiger partial charge in [0.25, 0.3) is 41.9 Å². The maximum atomic E-state index is 14.1. The van der Waals surface area contributed by atoms with Crippen LogP contribution in [0.15, 0.2) is 0 Å². The van der Waals surface area contributed by atoms with Crippen LogP contribution in [0.4, 0.5) is 119 Å². The highest BCUT2D eigenvalue weighted by atomic mass is 32.2. The van der Waals surface area contributed by atoms with E-state index in [1.165, 1.54) is 0 Å². The Labute approximate surface area is 531 Å². The summed E-state index contributed by atoms with van der Waals surface area (Å²) < 4.78 is 423. The topological polar surface area (TPSA) is 276 Å². The minimum Gasteiger partial charge on any atom is -0.450 e. The molecule has 3 fully saturated rings. The third-order valence-corrected chi connectivity index (χ3v) is 19.2. The van der Waals surface area contributed by atoms with Gasteiger partial charge in [-0.2, -0.15) is 131 Å². The summed E-state index contributed by atoms with van der Waals surface area (Å²) in [6.07, 6.45) is -19.6. The molecule has 2 amide bonds. The lowest BCUT2D eigenvalue weighted by atomic mass is 10.1. The number of esters is 1. The predicted octanol–water partition coefficient (Wildman–Crippen LogP) is 7.38. The SMILES string of the molecule is C.CC(=O)C(=O)CCCCCC(=O)C(=O)OCC(F)(F)F.CC(F)(F)C(F)(F)C(F)(F)S(=O)(=O)N1CCN(C(=O)C(=O)CCCCCC(=O)C(=O)N2CCN(S(=O)(=O)C(F)(F)C(F)(F)C(F)(F)C(F)(F)F)CC2)CC1.O=S(=O)(N1CCNCC1)C(F)(F)C(F)(F)C(F)(F)C(F)(F)F. The quantitative estimate of drug-likeness (QED) is 0.0331. The Kier molecular flexibility index (Phi) is 31.1. The van der Waals surface area contributed by atoms with Gasteiger partial charge < -0.3 is 19.9 Å². The molecule has 3 rings (SSSR count). The van der Waals surface area contributed by atoms with Crippen molar-refractivity contribution in [2.75, 3.05) is 85.1 Å². The number of ether oxygens (including phenoxy) is 1. The van der Waals surface area contributed by atoms with Crippen LogP contribution in [0.2, 0.25) is 0 Å². The maximum Gasteiger partial charge on any atom is 0.460 e. The van der Waals surface area contributed by atoms with Gasteiger partial charge in [0, 0.05) is 118 Å². The number of hydrogen-bond acceptors (Lipinski definition) is 16. The van der Waals surface area contributed by atoms with Gasteiger partial charge in [-0.1, -0.05) is 20.3 Å². The number of ketones is 5. The minimum absolute atomic E-state index is 0. The number of alkyl halides is 27. The summed E-state index contributed by atoms with van der Waals surface area (Å²) in [7, 11) is -19.7. The van der Waals surface area contributed by atoms with Gasteiger partial charge in [-0.05, 0) is 25.7 Å². The van der Waals surface area contributed by atoms with Crippen LogP contribution in [0.5, 0.6) is 0 Å². The predicted molar refractivity (Wildman–Crippen MR) is 270 cm³/mol. The van der Waals surface area contributed by atoms with Crippen LogP contribution in [-0.2, 0) is 73.2 Å². The van der Waals surface area contributed by atoms with Crippen molar-refractivity contribution in [2.45, 2.75) is 155 Å². The summed E-state index contributed by atoms with van der Waals surface area (Å²) in [5.74, 6) is -49.6. The molecule has 0 unspecified atom stereocenters. The number of carbonyl (C=O) groups is 8. The molecule has 0 aromatic heterocycles. The van der Waals surface area contributed by atoms with Crippen molar-refractivity contribution in [1.29, 1.82) is 0 Å². The van der Waals surface area contributed by atoms with E-state index in [9.17, 15) is 182 Å². The average molecular weight is 1540 g/mol. The lowest BCUT2D eigenvalue weighted by molar-refractivity contribution is -0.382.